The van der Waals surface area contributed by atoms with E-state index in [1.54, 1.807) is 16.8 Å². The van der Waals surface area contributed by atoms with Crippen molar-refractivity contribution in [1.82, 2.24) is 10.0 Å². The Kier molecular flexibility index (Phi) is 7.20. The van der Waals surface area contributed by atoms with Gasteiger partial charge in [0.25, 0.3) is 0 Å². The summed E-state index contributed by atoms with van der Waals surface area (Å²) < 4.78 is 11.0. The largest absolute Gasteiger partial charge is 0.459 e. The molecular weight excluding hydrogens is 566 g/mol. The minimum absolute atomic E-state index is 0.118. The highest BCUT2D eigenvalue weighted by atomic mass is 16.6. The molecular formula is C33H41N3O8. The van der Waals surface area contributed by atoms with E-state index in [9.17, 15) is 29.4 Å². The maximum atomic E-state index is 13.9. The van der Waals surface area contributed by atoms with Crippen molar-refractivity contribution in [1.29, 1.82) is 0 Å². The van der Waals surface area contributed by atoms with E-state index >= 15 is 0 Å². The number of anilines is 1. The summed E-state index contributed by atoms with van der Waals surface area (Å²) in [7, 11) is 0. The number of esters is 2. The predicted molar refractivity (Wildman–Crippen MR) is 158 cm³/mol. The van der Waals surface area contributed by atoms with Crippen molar-refractivity contribution >= 4 is 29.4 Å². The van der Waals surface area contributed by atoms with Gasteiger partial charge in [0.05, 0.1) is 18.8 Å². The number of urea groups is 1. The van der Waals surface area contributed by atoms with Gasteiger partial charge in [-0.15, -0.1) is 0 Å². The van der Waals surface area contributed by atoms with Gasteiger partial charge in [-0.3, -0.25) is 14.6 Å². The lowest BCUT2D eigenvalue weighted by Crippen LogP contribution is -2.69. The fraction of sp³-hybridized carbons (Fsp3) is 0.576. The minimum atomic E-state index is -1.95. The number of aliphatic hydroxyl groups excluding tert-OH is 1. The Morgan fingerprint density at radius 1 is 1.14 bits per heavy atom. The number of Topliss-reactive ketones (excluding diaryl/α,β-unsaturated/α-hetero) is 1. The number of carbonyl (C=O) groups excluding carboxylic acids is 4. The maximum Gasteiger partial charge on any atom is 0.349 e. The molecule has 1 aromatic rings. The lowest BCUT2D eigenvalue weighted by molar-refractivity contribution is -0.235. The molecule has 6 rings (SSSR count). The first-order valence-corrected chi connectivity index (χ1v) is 15.4. The molecule has 2 bridgehead atoms. The number of hydrazine groups is 1. The smallest absolute Gasteiger partial charge is 0.349 e. The Morgan fingerprint density at radius 3 is 2.52 bits per heavy atom. The van der Waals surface area contributed by atoms with Crippen LogP contribution in [0, 0.1) is 28.6 Å². The van der Waals surface area contributed by atoms with Crippen molar-refractivity contribution in [2.24, 2.45) is 28.6 Å². The van der Waals surface area contributed by atoms with E-state index in [1.807, 2.05) is 55.3 Å². The Balaban J connectivity index is 1.39. The van der Waals surface area contributed by atoms with Crippen LogP contribution in [0.4, 0.5) is 10.5 Å². The highest BCUT2D eigenvalue weighted by molar-refractivity contribution is 5.97. The van der Waals surface area contributed by atoms with Crippen LogP contribution in [0.15, 0.2) is 54.4 Å². The topological polar surface area (TPSA) is 137 Å². The second kappa shape index (κ2) is 10.4. The standard InChI is InChI=1S/C33H41N3O8/c1-19-11-13-32-16-26(38)29(40)33(32,42)31(19,5)27(44-28(39)18-43-22(4)37)15-25(20(32)2)23-12-14-34-30(41)36(21(3)35(34)17-23)24-9-7-6-8-10-24/h6-10,12,19-20,25-27,38,42H,3,11,13-18H2,1-2,4-5H3/t19-,20+,25-,26+,27-,31+,32+,33-/m1/s1. The number of para-hydroxylation sites is 1. The van der Waals surface area contributed by atoms with Gasteiger partial charge in [-0.2, -0.15) is 0 Å². The molecule has 11 nitrogen and oxygen atoms in total. The summed E-state index contributed by atoms with van der Waals surface area (Å²) in [5.74, 6) is -2.28. The normalized spacial score (nSPS) is 38.1. The van der Waals surface area contributed by atoms with Crippen molar-refractivity contribution in [2.75, 3.05) is 24.6 Å². The monoisotopic (exact) mass is 607 g/mol. The molecule has 0 aromatic heterocycles. The number of nitrogens with zero attached hydrogens (tertiary/aromatic N) is 3. The number of ether oxygens (including phenoxy) is 2. The van der Waals surface area contributed by atoms with Crippen LogP contribution in [0.3, 0.4) is 0 Å². The van der Waals surface area contributed by atoms with Gasteiger partial charge in [-0.25, -0.2) is 19.5 Å². The number of fused-ring (bicyclic) bond motifs is 1. The average molecular weight is 608 g/mol. The molecule has 3 aliphatic carbocycles. The molecule has 3 saturated carbocycles. The molecule has 2 amide bonds. The van der Waals surface area contributed by atoms with Gasteiger partial charge < -0.3 is 19.7 Å². The molecule has 0 spiro atoms. The van der Waals surface area contributed by atoms with E-state index in [4.69, 9.17) is 9.47 Å². The Bertz CT molecular complexity index is 1450. The quantitative estimate of drug-likeness (QED) is 0.382. The van der Waals surface area contributed by atoms with Crippen LogP contribution in [-0.4, -0.2) is 81.5 Å². The van der Waals surface area contributed by atoms with Crippen LogP contribution in [0.1, 0.15) is 53.4 Å². The molecule has 44 heavy (non-hydrogen) atoms. The molecule has 11 heteroatoms. The molecule has 1 aromatic carbocycles. The third kappa shape index (κ3) is 4.01. The number of rotatable bonds is 5. The number of hydrogen-bond acceptors (Lipinski definition) is 9. The Morgan fingerprint density at radius 2 is 1.84 bits per heavy atom. The van der Waals surface area contributed by atoms with Crippen molar-refractivity contribution in [3.63, 3.8) is 0 Å². The van der Waals surface area contributed by atoms with Gasteiger partial charge in [0.2, 0.25) is 0 Å². The molecule has 0 unspecified atom stereocenters. The first-order valence-electron chi connectivity index (χ1n) is 15.4. The van der Waals surface area contributed by atoms with Crippen LogP contribution in [0.25, 0.3) is 0 Å². The van der Waals surface area contributed by atoms with Crippen LogP contribution >= 0.6 is 0 Å². The Hall–Kier alpha value is -3.70. The molecule has 4 fully saturated rings. The fourth-order valence-corrected chi connectivity index (χ4v) is 9.13. The van der Waals surface area contributed by atoms with E-state index in [0.717, 1.165) is 5.57 Å². The van der Waals surface area contributed by atoms with Crippen molar-refractivity contribution < 1.29 is 38.9 Å². The van der Waals surface area contributed by atoms with E-state index in [2.05, 4.69) is 6.58 Å². The summed E-state index contributed by atoms with van der Waals surface area (Å²) in [5.41, 5.74) is -2.44. The highest BCUT2D eigenvalue weighted by Gasteiger charge is 2.78. The molecule has 8 atom stereocenters. The molecule has 0 radical (unpaired) electrons. The number of aliphatic hydroxyl groups is 2. The van der Waals surface area contributed by atoms with Gasteiger partial charge in [0.15, 0.2) is 12.4 Å². The number of carbonyl (C=O) groups is 4. The van der Waals surface area contributed by atoms with Crippen LogP contribution < -0.4 is 4.90 Å². The third-order valence-corrected chi connectivity index (χ3v) is 11.7. The number of hydrogen-bond donors (Lipinski definition) is 2. The highest BCUT2D eigenvalue weighted by Crippen LogP contribution is 2.70. The molecule has 2 aliphatic heterocycles. The van der Waals surface area contributed by atoms with Crippen molar-refractivity contribution in [3.8, 4) is 0 Å². The van der Waals surface area contributed by atoms with E-state index in [-0.39, 0.29) is 30.2 Å². The van der Waals surface area contributed by atoms with E-state index in [0.29, 0.717) is 43.9 Å². The second-order valence-corrected chi connectivity index (χ2v) is 13.4. The zero-order chi connectivity index (χ0) is 31.8. The van der Waals surface area contributed by atoms with Gasteiger partial charge in [0.1, 0.15) is 23.6 Å². The zero-order valence-corrected chi connectivity index (χ0v) is 25.7. The minimum Gasteiger partial charge on any atom is -0.459 e. The van der Waals surface area contributed by atoms with Crippen molar-refractivity contribution in [3.05, 3.63) is 54.4 Å². The summed E-state index contributed by atoms with van der Waals surface area (Å²) >= 11 is 0. The zero-order valence-electron chi connectivity index (χ0n) is 25.7. The lowest BCUT2D eigenvalue weighted by atomic mass is 9.46. The van der Waals surface area contributed by atoms with Crippen LogP contribution in [0.5, 0.6) is 0 Å². The number of ketones is 1. The first kappa shape index (κ1) is 30.3. The molecule has 236 valence electrons. The Labute approximate surface area is 257 Å². The summed E-state index contributed by atoms with van der Waals surface area (Å²) in [6.07, 6.45) is 1.39. The van der Waals surface area contributed by atoms with Gasteiger partial charge >= 0.3 is 18.0 Å². The van der Waals surface area contributed by atoms with Crippen molar-refractivity contribution in [2.45, 2.75) is 71.2 Å². The van der Waals surface area contributed by atoms with Crippen LogP contribution in [0.2, 0.25) is 0 Å². The number of benzene rings is 1. The summed E-state index contributed by atoms with van der Waals surface area (Å²) in [6, 6.07) is 9.09. The summed E-state index contributed by atoms with van der Waals surface area (Å²) in [5, 5.41) is 27.2. The van der Waals surface area contributed by atoms with Gasteiger partial charge in [-0.1, -0.05) is 51.6 Å². The van der Waals surface area contributed by atoms with Crippen LogP contribution in [-0.2, 0) is 23.9 Å². The predicted octanol–water partition coefficient (Wildman–Crippen LogP) is 3.18. The molecule has 2 heterocycles. The third-order valence-electron chi connectivity index (χ3n) is 11.7. The number of amides is 2. The SMILES string of the molecule is C=C1N(c2ccccc2)C(=O)N2CC=C([C@@H]3C[C@@H](OC(=O)COC(C)=O)[C@]4(C)[C@H](C)CC[C@]5(C[C@H](O)C(=O)[C@]54O)[C@H]3C)CN12. The lowest BCUT2D eigenvalue weighted by Gasteiger charge is -2.60. The molecule has 1 saturated heterocycles. The van der Waals surface area contributed by atoms with E-state index in [1.165, 1.54) is 6.92 Å². The van der Waals surface area contributed by atoms with Gasteiger partial charge in [0, 0.05) is 17.8 Å². The molecule has 2 N–H and O–H groups in total. The van der Waals surface area contributed by atoms with Gasteiger partial charge in [-0.05, 0) is 61.1 Å². The summed E-state index contributed by atoms with van der Waals surface area (Å²) in [6.45, 7) is 11.3. The average Bonchev–Trinajstić information content (AvgIpc) is 3.37. The fourth-order valence-electron chi connectivity index (χ4n) is 9.13. The van der Waals surface area contributed by atoms with E-state index < -0.39 is 53.0 Å². The first-order chi connectivity index (χ1) is 20.8. The summed E-state index contributed by atoms with van der Waals surface area (Å²) in [4.78, 5) is 53.4. The maximum absolute atomic E-state index is 13.9. The second-order valence-electron chi connectivity index (χ2n) is 13.4. The molecule has 5 aliphatic rings.